The van der Waals surface area contributed by atoms with E-state index < -0.39 is 149 Å². The Morgan fingerprint density at radius 1 is 0.660 bits per heavy atom. The van der Waals surface area contributed by atoms with Crippen LogP contribution in [0.1, 0.15) is 170 Å². The number of thiocarbonyl (C=S) groups is 1. The molecule has 1 aromatic carbocycles. The minimum absolute atomic E-state index is 0.0320. The number of likely N-dealkylation sites (N-methyl/N-ethyl adjacent to an activating group) is 5. The van der Waals surface area contributed by atoms with Crippen LogP contribution >= 0.6 is 12.2 Å². The van der Waals surface area contributed by atoms with Crippen LogP contribution in [0.4, 0.5) is 4.79 Å². The number of aliphatic hydroxyl groups is 1. The lowest BCUT2D eigenvalue weighted by Crippen LogP contribution is -2.68. The zero-order chi connectivity index (χ0) is 74.3. The maximum absolute atomic E-state index is 15.5. The van der Waals surface area contributed by atoms with Gasteiger partial charge in [-0.1, -0.05) is 134 Å². The van der Waals surface area contributed by atoms with Gasteiger partial charge in [-0.25, -0.2) is 9.69 Å². The fourth-order valence-electron chi connectivity index (χ4n) is 11.7. The lowest BCUT2D eigenvalue weighted by Gasteiger charge is -2.43. The number of carbonyl (C=O) groups is 11. The first-order chi connectivity index (χ1) is 45.1. The van der Waals surface area contributed by atoms with Gasteiger partial charge in [-0.15, -0.1) is 0 Å². The molecule has 26 heteroatoms. The quantitative estimate of drug-likeness (QED) is 0.0348. The van der Waals surface area contributed by atoms with Crippen molar-refractivity contribution in [3.05, 3.63) is 42.5 Å². The van der Waals surface area contributed by atoms with Crippen LogP contribution in [0.25, 0.3) is 0 Å². The lowest BCUT2D eigenvalue weighted by atomic mass is 9.91. The molecule has 1 fully saturated rings. The molecule has 25 nitrogen and oxygen atoms in total. The van der Waals surface area contributed by atoms with E-state index in [1.165, 1.54) is 58.9 Å². The SMILES string of the molecule is C/C=C/C[C@@H](C)[C@@H](O)[C@@H]1C(=O)N[C@@H](C(C)OC(=S)Oc2ccccc2)C(=O)N(C)CC(=O)N(C)[C@](C=O)(CC(C)C)N[C@H](CC(C)C)C(=O)N(C)[C@H](CC(C)C)C(=O)NC(=O)[C@H](C)OC(=O)N(CCC(C)C)C(=O)[C@@H](CC(C)C)N[C@H](CC(C)C)C(=O)N(C)[C@H](C(C)C)C(=O)N1C. The molecule has 548 valence electrons. The molecular weight excluding hydrogens is 1260 g/mol. The largest absolute Gasteiger partial charge is 0.451 e. The molecule has 0 aliphatic carbocycles. The molecule has 1 saturated heterocycles. The summed E-state index contributed by atoms with van der Waals surface area (Å²) in [6.07, 6.45) is -1.08. The van der Waals surface area contributed by atoms with Crippen molar-refractivity contribution < 1.29 is 72.1 Å². The fourth-order valence-corrected chi connectivity index (χ4v) is 12.0. The van der Waals surface area contributed by atoms with Crippen molar-refractivity contribution in [2.75, 3.05) is 48.3 Å². The molecule has 0 spiro atoms. The smallest absolute Gasteiger partial charge is 0.417 e. The number of imide groups is 2. The molecule has 12 atom stereocenters. The summed E-state index contributed by atoms with van der Waals surface area (Å²) in [5, 5.41) is 23.5. The summed E-state index contributed by atoms with van der Waals surface area (Å²) in [5.74, 6) is -9.96. The van der Waals surface area contributed by atoms with Crippen LogP contribution < -0.4 is 26.0 Å². The van der Waals surface area contributed by atoms with Gasteiger partial charge in [-0.2, -0.15) is 0 Å². The molecule has 5 N–H and O–H groups in total. The van der Waals surface area contributed by atoms with Crippen molar-refractivity contribution in [1.29, 1.82) is 0 Å². The monoisotopic (exact) mass is 1380 g/mol. The van der Waals surface area contributed by atoms with Crippen LogP contribution in [0.5, 0.6) is 5.75 Å². The Labute approximate surface area is 582 Å². The molecule has 0 aromatic heterocycles. The zero-order valence-electron chi connectivity index (χ0n) is 62.1. The number of para-hydroxylation sites is 1. The van der Waals surface area contributed by atoms with Crippen molar-refractivity contribution in [3.63, 3.8) is 0 Å². The van der Waals surface area contributed by atoms with Gasteiger partial charge in [0.1, 0.15) is 36.0 Å². The van der Waals surface area contributed by atoms with Crippen molar-refractivity contribution in [1.82, 2.24) is 50.7 Å². The Hall–Kier alpha value is -6.90. The Kier molecular flexibility index (Phi) is 35.8. The Morgan fingerprint density at radius 2 is 1.19 bits per heavy atom. The predicted molar refractivity (Wildman–Crippen MR) is 376 cm³/mol. The number of aliphatic hydroxyl groups excluding tert-OH is 1. The highest BCUT2D eigenvalue weighted by Gasteiger charge is 2.47. The highest BCUT2D eigenvalue weighted by Crippen LogP contribution is 2.27. The van der Waals surface area contributed by atoms with E-state index in [2.05, 4.69) is 21.3 Å². The summed E-state index contributed by atoms with van der Waals surface area (Å²) in [6.45, 7) is 30.7. The molecule has 1 unspecified atom stereocenters. The lowest BCUT2D eigenvalue weighted by molar-refractivity contribution is -0.155. The summed E-state index contributed by atoms with van der Waals surface area (Å²) < 4.78 is 17.6. The number of nitrogens with one attached hydrogen (secondary N) is 4. The number of benzene rings is 1. The van der Waals surface area contributed by atoms with Gasteiger partial charge in [0.15, 0.2) is 18.1 Å². The second-order valence-electron chi connectivity index (χ2n) is 29.1. The topological polar surface area (TPSA) is 303 Å². The number of cyclic esters (lactones) is 1. The van der Waals surface area contributed by atoms with E-state index in [0.717, 1.165) is 19.6 Å². The van der Waals surface area contributed by atoms with Crippen molar-refractivity contribution in [2.45, 2.75) is 236 Å². The van der Waals surface area contributed by atoms with Crippen molar-refractivity contribution >= 4 is 83.0 Å². The number of hydrogen-bond acceptors (Lipinski definition) is 18. The fraction of sp³-hybridized carbons (Fsp3) is 0.718. The highest BCUT2D eigenvalue weighted by molar-refractivity contribution is 7.79. The first-order valence-electron chi connectivity index (χ1n) is 34.3. The molecule has 0 saturated carbocycles. The number of rotatable bonds is 22. The van der Waals surface area contributed by atoms with Gasteiger partial charge in [0, 0.05) is 54.0 Å². The minimum Gasteiger partial charge on any atom is -0.451 e. The summed E-state index contributed by atoms with van der Waals surface area (Å²) >= 11 is 5.51. The number of ether oxygens (including phenoxy) is 3. The molecule has 0 radical (unpaired) electrons. The number of amides is 10. The van der Waals surface area contributed by atoms with Crippen molar-refractivity contribution in [3.8, 4) is 5.75 Å². The Balaban J connectivity index is 3.23. The number of hydrogen-bond donors (Lipinski definition) is 5. The second-order valence-corrected chi connectivity index (χ2v) is 29.4. The highest BCUT2D eigenvalue weighted by atomic mass is 32.1. The van der Waals surface area contributed by atoms with E-state index in [1.807, 2.05) is 69.2 Å². The number of allylic oxidation sites excluding steroid dienone is 2. The van der Waals surface area contributed by atoms with E-state index in [1.54, 1.807) is 84.0 Å². The third-order valence-corrected chi connectivity index (χ3v) is 17.4. The summed E-state index contributed by atoms with van der Waals surface area (Å²) in [7, 11) is 6.72. The number of aldehydes is 1. The average molecular weight is 1380 g/mol. The molecular formula is C71H118N10O15S. The standard InChI is InChI=1S/C71H118N10O15S/c1-24-25-29-48(16)60(84)59-63(87)73-57(49(17)95-70(97)96-51-30-27-26-28-31-51)67(91)76(19)39-56(83)80(23)71(40-82,38-46(12)13)75-54(36-44(8)9)65(89)77(20)55(37-45(10)11)62(86)74-61(85)50(18)94-69(93)81(33-32-41(2)3)66(90)53(35-43(6)7)72-52(34-42(4)5)64(88)78(21)58(47(14)15)68(92)79(59)22/h24-28,30-31,40-50,52-55,57-60,72,75,84H,29,32-39H2,1-23H3,(H,73,87)(H,74,85,86)/b25-24+/t48-,49?,50+,52-,53-,54-,55-,57+,58-,59-,60-,71+/m1/s1. The van der Waals surface area contributed by atoms with Crippen molar-refractivity contribution in [2.24, 2.45) is 47.3 Å². The van der Waals surface area contributed by atoms with Gasteiger partial charge in [0.05, 0.1) is 30.8 Å². The van der Waals surface area contributed by atoms with Gasteiger partial charge in [0.25, 0.3) is 5.91 Å². The van der Waals surface area contributed by atoms with Crippen LogP contribution in [-0.4, -0.2) is 220 Å². The van der Waals surface area contributed by atoms with Gasteiger partial charge in [-0.3, -0.25) is 63.9 Å². The van der Waals surface area contributed by atoms with Gasteiger partial charge in [0.2, 0.25) is 47.3 Å². The number of nitrogens with zero attached hydrogens (tertiary/aromatic N) is 6. The van der Waals surface area contributed by atoms with Crippen LogP contribution in [0.15, 0.2) is 42.5 Å². The second kappa shape index (κ2) is 40.2. The predicted octanol–water partition coefficient (Wildman–Crippen LogP) is 6.72. The van der Waals surface area contributed by atoms with E-state index in [0.29, 0.717) is 12.7 Å². The Bertz CT molecular complexity index is 2840. The number of carbonyl (C=O) groups excluding carboxylic acids is 11. The minimum atomic E-state index is -1.96. The molecule has 2 rings (SSSR count). The van der Waals surface area contributed by atoms with E-state index in [4.69, 9.17) is 26.4 Å². The third kappa shape index (κ3) is 26.0. The van der Waals surface area contributed by atoms with Gasteiger partial charge >= 0.3 is 11.3 Å². The summed E-state index contributed by atoms with van der Waals surface area (Å²) in [5.41, 5.74) is -1.96. The van der Waals surface area contributed by atoms with E-state index >= 15 is 28.8 Å². The molecule has 1 aromatic rings. The molecule has 0 bridgehead atoms. The molecule has 10 amide bonds. The van der Waals surface area contributed by atoms with Crippen LogP contribution in [0, 0.1) is 47.3 Å². The van der Waals surface area contributed by atoms with E-state index in [-0.39, 0.29) is 86.3 Å². The van der Waals surface area contributed by atoms with E-state index in [9.17, 15) is 29.1 Å². The summed E-state index contributed by atoms with van der Waals surface area (Å²) in [6, 6.07) is -1.52. The van der Waals surface area contributed by atoms with Crippen LogP contribution in [0.3, 0.4) is 0 Å². The van der Waals surface area contributed by atoms with Crippen LogP contribution in [0.2, 0.25) is 0 Å². The maximum Gasteiger partial charge on any atom is 0.417 e. The Morgan fingerprint density at radius 3 is 1.69 bits per heavy atom. The molecule has 1 aliphatic rings. The first kappa shape index (κ1) is 86.2. The molecule has 1 aliphatic heterocycles. The molecule has 1 heterocycles. The van der Waals surface area contributed by atoms with Gasteiger partial charge in [-0.05, 0) is 125 Å². The first-order valence-corrected chi connectivity index (χ1v) is 34.7. The third-order valence-electron chi connectivity index (χ3n) is 17.2. The summed E-state index contributed by atoms with van der Waals surface area (Å²) in [4.78, 5) is 170. The molecule has 97 heavy (non-hydrogen) atoms. The normalized spacial score (nSPS) is 25.0. The van der Waals surface area contributed by atoms with Crippen LogP contribution in [-0.2, 0) is 57.4 Å². The average Bonchev–Trinajstić information content (AvgIpc) is 0.810. The van der Waals surface area contributed by atoms with Gasteiger partial charge < -0.3 is 49.1 Å². The maximum atomic E-state index is 15.5. The zero-order valence-corrected chi connectivity index (χ0v) is 62.9.